The summed E-state index contributed by atoms with van der Waals surface area (Å²) < 4.78 is 13.1. The fraction of sp³-hybridized carbons (Fsp3) is 0.529. The van der Waals surface area contributed by atoms with Gasteiger partial charge in [-0.1, -0.05) is 0 Å². The van der Waals surface area contributed by atoms with E-state index in [-0.39, 0.29) is 24.0 Å². The second-order valence-corrected chi connectivity index (χ2v) is 6.65. The van der Waals surface area contributed by atoms with Crippen molar-refractivity contribution < 1.29 is 13.9 Å². The van der Waals surface area contributed by atoms with Crippen LogP contribution in [0.25, 0.3) is 0 Å². The number of amides is 1. The first-order chi connectivity index (χ1) is 11.7. The van der Waals surface area contributed by atoms with Crippen LogP contribution in [0.1, 0.15) is 17.7 Å². The number of aromatic nitrogens is 2. The number of carbonyl (C=O) groups is 1. The van der Waals surface area contributed by atoms with Gasteiger partial charge in [-0.2, -0.15) is 5.10 Å². The predicted octanol–water partition coefficient (Wildman–Crippen LogP) is 0.919. The maximum absolute atomic E-state index is 12.5. The SMILES string of the molecule is Cn1cc(CN2CC3CC(C(=O)NCc4ccco4)C(C2)O3)cn1. The van der Waals surface area contributed by atoms with Gasteiger partial charge in [0, 0.05) is 38.4 Å². The average molecular weight is 330 g/mol. The Bertz CT molecular complexity index is 697. The number of furan rings is 1. The Morgan fingerprint density at radius 2 is 2.38 bits per heavy atom. The number of rotatable bonds is 5. The number of hydrogen-bond acceptors (Lipinski definition) is 5. The summed E-state index contributed by atoms with van der Waals surface area (Å²) in [6.45, 7) is 2.93. The molecule has 4 heterocycles. The second kappa shape index (κ2) is 6.41. The van der Waals surface area contributed by atoms with Crippen molar-refractivity contribution in [3.63, 3.8) is 0 Å². The lowest BCUT2D eigenvalue weighted by Gasteiger charge is -2.32. The summed E-state index contributed by atoms with van der Waals surface area (Å²) in [4.78, 5) is 14.8. The molecule has 0 spiro atoms. The van der Waals surface area contributed by atoms with Crippen LogP contribution in [-0.2, 0) is 29.7 Å². The molecule has 1 N–H and O–H groups in total. The third-order valence-electron chi connectivity index (χ3n) is 4.75. The zero-order valence-corrected chi connectivity index (χ0v) is 13.7. The van der Waals surface area contributed by atoms with Crippen LogP contribution in [0.3, 0.4) is 0 Å². The number of morpholine rings is 1. The van der Waals surface area contributed by atoms with Crippen molar-refractivity contribution in [1.82, 2.24) is 20.0 Å². The normalized spacial score (nSPS) is 26.6. The van der Waals surface area contributed by atoms with E-state index in [1.165, 1.54) is 5.56 Å². The molecule has 2 bridgehead atoms. The summed E-state index contributed by atoms with van der Waals surface area (Å²) >= 11 is 0. The summed E-state index contributed by atoms with van der Waals surface area (Å²) in [5, 5.41) is 7.18. The van der Waals surface area contributed by atoms with Crippen molar-refractivity contribution >= 4 is 5.91 Å². The maximum Gasteiger partial charge on any atom is 0.226 e. The van der Waals surface area contributed by atoms with Crippen LogP contribution in [0.2, 0.25) is 0 Å². The molecule has 0 aliphatic carbocycles. The van der Waals surface area contributed by atoms with Gasteiger partial charge in [-0.25, -0.2) is 0 Å². The zero-order valence-electron chi connectivity index (χ0n) is 13.7. The molecule has 3 atom stereocenters. The molecule has 7 nitrogen and oxygen atoms in total. The van der Waals surface area contributed by atoms with Crippen LogP contribution in [0.5, 0.6) is 0 Å². The Labute approximate surface area is 140 Å². The van der Waals surface area contributed by atoms with Crippen LogP contribution in [0.4, 0.5) is 0 Å². The number of likely N-dealkylation sites (tertiary alicyclic amines) is 1. The summed E-state index contributed by atoms with van der Waals surface area (Å²) in [6, 6.07) is 3.68. The molecule has 3 unspecified atom stereocenters. The Kier molecular flexibility index (Phi) is 4.12. The molecule has 128 valence electrons. The zero-order chi connectivity index (χ0) is 16.5. The lowest BCUT2D eigenvalue weighted by atomic mass is 9.99. The highest BCUT2D eigenvalue weighted by molar-refractivity contribution is 5.79. The van der Waals surface area contributed by atoms with Crippen molar-refractivity contribution in [2.24, 2.45) is 13.0 Å². The minimum absolute atomic E-state index is 0.0305. The summed E-state index contributed by atoms with van der Waals surface area (Å²) in [7, 11) is 1.92. The van der Waals surface area contributed by atoms with Gasteiger partial charge in [0.2, 0.25) is 5.91 Å². The van der Waals surface area contributed by atoms with Gasteiger partial charge in [-0.05, 0) is 18.6 Å². The molecule has 0 radical (unpaired) electrons. The molecule has 0 aromatic carbocycles. The van der Waals surface area contributed by atoms with Gasteiger partial charge in [0.05, 0.1) is 37.1 Å². The van der Waals surface area contributed by atoms with Gasteiger partial charge < -0.3 is 14.5 Å². The second-order valence-electron chi connectivity index (χ2n) is 6.65. The highest BCUT2D eigenvalue weighted by Gasteiger charge is 2.44. The Hall–Kier alpha value is -2.12. The van der Waals surface area contributed by atoms with E-state index in [1.54, 1.807) is 6.26 Å². The Morgan fingerprint density at radius 1 is 1.46 bits per heavy atom. The molecule has 7 heteroatoms. The van der Waals surface area contributed by atoms with E-state index < -0.39 is 0 Å². The lowest BCUT2D eigenvalue weighted by Crippen LogP contribution is -2.44. The van der Waals surface area contributed by atoms with E-state index >= 15 is 0 Å². The molecule has 2 aromatic rings. The standard InChI is InChI=1S/C17H22N4O3/c1-20-8-12(6-19-20)9-21-10-14-5-15(16(11-21)24-14)17(22)18-7-13-3-2-4-23-13/h2-4,6,8,14-16H,5,7,9-11H2,1H3,(H,18,22). The number of nitrogens with zero attached hydrogens (tertiary/aromatic N) is 3. The summed E-state index contributed by atoms with van der Waals surface area (Å²) in [6.07, 6.45) is 6.44. The third kappa shape index (κ3) is 3.22. The van der Waals surface area contributed by atoms with E-state index in [0.717, 1.165) is 31.8 Å². The lowest BCUT2D eigenvalue weighted by molar-refractivity contribution is -0.128. The van der Waals surface area contributed by atoms with E-state index in [2.05, 4.69) is 15.3 Å². The minimum atomic E-state index is -0.0798. The minimum Gasteiger partial charge on any atom is -0.467 e. The van der Waals surface area contributed by atoms with Crippen molar-refractivity contribution in [3.05, 3.63) is 42.1 Å². The van der Waals surface area contributed by atoms with Gasteiger partial charge in [-0.15, -0.1) is 0 Å². The Morgan fingerprint density at radius 3 is 3.12 bits per heavy atom. The van der Waals surface area contributed by atoms with Gasteiger partial charge >= 0.3 is 0 Å². The molecule has 2 fully saturated rings. The van der Waals surface area contributed by atoms with Crippen molar-refractivity contribution in [2.45, 2.75) is 31.7 Å². The largest absolute Gasteiger partial charge is 0.467 e. The van der Waals surface area contributed by atoms with E-state index in [0.29, 0.717) is 6.54 Å². The number of fused-ring (bicyclic) bond motifs is 2. The highest BCUT2D eigenvalue weighted by Crippen LogP contribution is 2.32. The number of carbonyl (C=O) groups excluding carboxylic acids is 1. The predicted molar refractivity (Wildman–Crippen MR) is 85.8 cm³/mol. The van der Waals surface area contributed by atoms with Crippen LogP contribution >= 0.6 is 0 Å². The molecule has 1 amide bonds. The molecule has 4 rings (SSSR count). The summed E-state index contributed by atoms with van der Waals surface area (Å²) in [5.41, 5.74) is 1.19. The third-order valence-corrected chi connectivity index (χ3v) is 4.75. The maximum atomic E-state index is 12.5. The van der Waals surface area contributed by atoms with E-state index in [4.69, 9.17) is 9.15 Å². The molecule has 2 aliphatic rings. The van der Waals surface area contributed by atoms with Crippen molar-refractivity contribution in [2.75, 3.05) is 13.1 Å². The first-order valence-electron chi connectivity index (χ1n) is 8.33. The molecule has 24 heavy (non-hydrogen) atoms. The molecular formula is C17H22N4O3. The van der Waals surface area contributed by atoms with Gasteiger partial charge in [0.15, 0.2) is 0 Å². The molecule has 2 aliphatic heterocycles. The van der Waals surface area contributed by atoms with Gasteiger partial charge in [0.25, 0.3) is 0 Å². The number of ether oxygens (including phenoxy) is 1. The number of nitrogens with one attached hydrogen (secondary N) is 1. The Balaban J connectivity index is 1.33. The van der Waals surface area contributed by atoms with Gasteiger partial charge in [-0.3, -0.25) is 14.4 Å². The fourth-order valence-electron chi connectivity index (χ4n) is 3.67. The van der Waals surface area contributed by atoms with Gasteiger partial charge in [0.1, 0.15) is 5.76 Å². The highest BCUT2D eigenvalue weighted by atomic mass is 16.5. The average Bonchev–Trinajstić information content (AvgIpc) is 3.27. The molecular weight excluding hydrogens is 308 g/mol. The molecule has 0 saturated carbocycles. The van der Waals surface area contributed by atoms with Crippen molar-refractivity contribution in [1.29, 1.82) is 0 Å². The number of aryl methyl sites for hydroxylation is 1. The van der Waals surface area contributed by atoms with Crippen molar-refractivity contribution in [3.8, 4) is 0 Å². The molecule has 2 aromatic heterocycles. The first-order valence-corrected chi connectivity index (χ1v) is 8.33. The fourth-order valence-corrected chi connectivity index (χ4v) is 3.67. The monoisotopic (exact) mass is 330 g/mol. The first kappa shape index (κ1) is 15.4. The number of hydrogen-bond donors (Lipinski definition) is 1. The van der Waals surface area contributed by atoms with Crippen LogP contribution < -0.4 is 5.32 Å². The topological polar surface area (TPSA) is 72.5 Å². The summed E-state index contributed by atoms with van der Waals surface area (Å²) in [5.74, 6) is 0.745. The van der Waals surface area contributed by atoms with Crippen LogP contribution in [-0.4, -0.2) is 45.9 Å². The van der Waals surface area contributed by atoms with Crippen LogP contribution in [0, 0.1) is 5.92 Å². The van der Waals surface area contributed by atoms with Crippen LogP contribution in [0.15, 0.2) is 35.2 Å². The van der Waals surface area contributed by atoms with E-state index in [9.17, 15) is 4.79 Å². The quantitative estimate of drug-likeness (QED) is 0.882. The smallest absolute Gasteiger partial charge is 0.226 e. The molecule has 2 saturated heterocycles. The van der Waals surface area contributed by atoms with E-state index in [1.807, 2.05) is 36.3 Å².